The number of methoxy groups -OCH3 is 1. The van der Waals surface area contributed by atoms with Crippen molar-refractivity contribution in [3.05, 3.63) is 32.6 Å². The molecule has 0 aliphatic rings. The van der Waals surface area contributed by atoms with E-state index in [2.05, 4.69) is 49.6 Å². The van der Waals surface area contributed by atoms with E-state index >= 15 is 0 Å². The first-order chi connectivity index (χ1) is 6.74. The molecule has 2 aromatic rings. The minimum absolute atomic E-state index is 0.841. The molecule has 72 valence electrons. The quantitative estimate of drug-likeness (QED) is 0.722. The van der Waals surface area contributed by atoms with Crippen LogP contribution in [0.2, 0.25) is 0 Å². The van der Waals surface area contributed by atoms with E-state index in [1.807, 2.05) is 18.5 Å². The molecule has 1 heterocycles. The van der Waals surface area contributed by atoms with Gasteiger partial charge in [0.2, 0.25) is 0 Å². The summed E-state index contributed by atoms with van der Waals surface area (Å²) in [5.74, 6) is 0.841. The second kappa shape index (κ2) is 4.02. The number of hydrogen-bond donors (Lipinski definition) is 0. The Morgan fingerprint density at radius 2 is 2.07 bits per heavy atom. The van der Waals surface area contributed by atoms with Crippen LogP contribution in [0.25, 0.3) is 10.8 Å². The van der Waals surface area contributed by atoms with Crippen molar-refractivity contribution in [1.29, 1.82) is 0 Å². The minimum Gasteiger partial charge on any atom is -0.495 e. The van der Waals surface area contributed by atoms with Crippen molar-refractivity contribution in [2.75, 3.05) is 7.11 Å². The SMILES string of the molecule is COc1c(Br)ccc2c(I)cncc12. The molecule has 0 unspecified atom stereocenters. The van der Waals surface area contributed by atoms with Crippen molar-refractivity contribution < 1.29 is 4.74 Å². The topological polar surface area (TPSA) is 22.1 Å². The fourth-order valence-corrected chi connectivity index (χ4v) is 2.50. The van der Waals surface area contributed by atoms with Gasteiger partial charge in [0.15, 0.2) is 0 Å². The lowest BCUT2D eigenvalue weighted by Gasteiger charge is -2.07. The Bertz CT molecular complexity index is 487. The fraction of sp³-hybridized carbons (Fsp3) is 0.100. The number of rotatable bonds is 1. The van der Waals surface area contributed by atoms with Crippen LogP contribution in [-0.4, -0.2) is 12.1 Å². The number of fused-ring (bicyclic) bond motifs is 1. The van der Waals surface area contributed by atoms with Crippen molar-refractivity contribution in [3.63, 3.8) is 0 Å². The van der Waals surface area contributed by atoms with Crippen LogP contribution in [0.4, 0.5) is 0 Å². The molecule has 0 spiro atoms. The second-order valence-electron chi connectivity index (χ2n) is 2.80. The Morgan fingerprint density at radius 3 is 2.79 bits per heavy atom. The Hall–Kier alpha value is -0.360. The number of nitrogens with zero attached hydrogens (tertiary/aromatic N) is 1. The van der Waals surface area contributed by atoms with Gasteiger partial charge < -0.3 is 4.74 Å². The molecule has 0 bridgehead atoms. The highest BCUT2D eigenvalue weighted by molar-refractivity contribution is 14.1. The normalized spacial score (nSPS) is 10.5. The molecule has 1 aromatic carbocycles. The van der Waals surface area contributed by atoms with E-state index < -0.39 is 0 Å². The molecule has 0 aliphatic heterocycles. The van der Waals surface area contributed by atoms with E-state index in [1.165, 1.54) is 5.39 Å². The van der Waals surface area contributed by atoms with Gasteiger partial charge in [-0.15, -0.1) is 0 Å². The van der Waals surface area contributed by atoms with Gasteiger partial charge in [0.25, 0.3) is 0 Å². The highest BCUT2D eigenvalue weighted by Gasteiger charge is 2.07. The zero-order chi connectivity index (χ0) is 10.1. The lowest BCUT2D eigenvalue weighted by molar-refractivity contribution is 0.417. The van der Waals surface area contributed by atoms with Gasteiger partial charge in [0.05, 0.1) is 11.6 Å². The molecule has 4 heteroatoms. The maximum atomic E-state index is 5.32. The number of pyridine rings is 1. The van der Waals surface area contributed by atoms with Gasteiger partial charge in [-0.2, -0.15) is 0 Å². The van der Waals surface area contributed by atoms with Crippen LogP contribution < -0.4 is 4.74 Å². The largest absolute Gasteiger partial charge is 0.495 e. The molecule has 0 radical (unpaired) electrons. The highest BCUT2D eigenvalue weighted by Crippen LogP contribution is 2.34. The predicted octanol–water partition coefficient (Wildman–Crippen LogP) is 3.61. The molecular formula is C10H7BrINO. The Morgan fingerprint density at radius 1 is 1.29 bits per heavy atom. The summed E-state index contributed by atoms with van der Waals surface area (Å²) in [5, 5.41) is 2.20. The Labute approximate surface area is 104 Å². The molecule has 2 nitrogen and oxygen atoms in total. The maximum Gasteiger partial charge on any atom is 0.142 e. The predicted molar refractivity (Wildman–Crippen MR) is 68.7 cm³/mol. The summed E-state index contributed by atoms with van der Waals surface area (Å²) in [6, 6.07) is 4.05. The van der Waals surface area contributed by atoms with Crippen LogP contribution >= 0.6 is 38.5 Å². The van der Waals surface area contributed by atoms with E-state index in [0.717, 1.165) is 19.2 Å². The summed E-state index contributed by atoms with van der Waals surface area (Å²) in [6.07, 6.45) is 3.66. The molecule has 0 N–H and O–H groups in total. The number of halogens is 2. The summed E-state index contributed by atoms with van der Waals surface area (Å²) in [6.45, 7) is 0. The summed E-state index contributed by atoms with van der Waals surface area (Å²) in [4.78, 5) is 4.15. The van der Waals surface area contributed by atoms with Gasteiger partial charge in [0, 0.05) is 26.7 Å². The molecule has 14 heavy (non-hydrogen) atoms. The van der Waals surface area contributed by atoms with Crippen molar-refractivity contribution in [2.24, 2.45) is 0 Å². The third-order valence-corrected chi connectivity index (χ3v) is 3.49. The van der Waals surface area contributed by atoms with E-state index in [0.29, 0.717) is 0 Å². The zero-order valence-electron chi connectivity index (χ0n) is 7.42. The van der Waals surface area contributed by atoms with Crippen LogP contribution in [0.3, 0.4) is 0 Å². The summed E-state index contributed by atoms with van der Waals surface area (Å²) in [5.41, 5.74) is 0. The molecule has 0 fully saturated rings. The number of aromatic nitrogens is 1. The molecule has 2 rings (SSSR count). The lowest BCUT2D eigenvalue weighted by atomic mass is 10.1. The fourth-order valence-electron chi connectivity index (χ4n) is 1.36. The van der Waals surface area contributed by atoms with E-state index in [-0.39, 0.29) is 0 Å². The molecule has 0 saturated carbocycles. The molecular weight excluding hydrogens is 357 g/mol. The van der Waals surface area contributed by atoms with Crippen LogP contribution in [0.1, 0.15) is 0 Å². The molecule has 0 saturated heterocycles. The summed E-state index contributed by atoms with van der Waals surface area (Å²) < 4.78 is 7.41. The molecule has 1 aromatic heterocycles. The average Bonchev–Trinajstić information content (AvgIpc) is 2.18. The van der Waals surface area contributed by atoms with Crippen LogP contribution in [0.15, 0.2) is 29.0 Å². The monoisotopic (exact) mass is 363 g/mol. The van der Waals surface area contributed by atoms with Gasteiger partial charge in [-0.3, -0.25) is 4.98 Å². The van der Waals surface area contributed by atoms with Crippen molar-refractivity contribution in [3.8, 4) is 5.75 Å². The van der Waals surface area contributed by atoms with Gasteiger partial charge in [0.1, 0.15) is 5.75 Å². The molecule has 0 aliphatic carbocycles. The first-order valence-electron chi connectivity index (χ1n) is 3.99. The first-order valence-corrected chi connectivity index (χ1v) is 5.87. The van der Waals surface area contributed by atoms with Crippen LogP contribution in [0.5, 0.6) is 5.75 Å². The minimum atomic E-state index is 0.841. The second-order valence-corrected chi connectivity index (χ2v) is 4.81. The third-order valence-electron chi connectivity index (χ3n) is 2.00. The molecule has 0 amide bonds. The molecule has 0 atom stereocenters. The number of benzene rings is 1. The van der Waals surface area contributed by atoms with Crippen molar-refractivity contribution in [2.45, 2.75) is 0 Å². The maximum absolute atomic E-state index is 5.32. The Balaban J connectivity index is 2.88. The van der Waals surface area contributed by atoms with Gasteiger partial charge in [-0.05, 0) is 44.6 Å². The third kappa shape index (κ3) is 1.61. The van der Waals surface area contributed by atoms with E-state index in [9.17, 15) is 0 Å². The van der Waals surface area contributed by atoms with Crippen LogP contribution in [-0.2, 0) is 0 Å². The van der Waals surface area contributed by atoms with Gasteiger partial charge in [-0.25, -0.2) is 0 Å². The number of hydrogen-bond acceptors (Lipinski definition) is 2. The summed E-state index contributed by atoms with van der Waals surface area (Å²) in [7, 11) is 1.67. The van der Waals surface area contributed by atoms with E-state index in [1.54, 1.807) is 7.11 Å². The smallest absolute Gasteiger partial charge is 0.142 e. The number of ether oxygens (including phenoxy) is 1. The van der Waals surface area contributed by atoms with E-state index in [4.69, 9.17) is 4.74 Å². The van der Waals surface area contributed by atoms with Crippen LogP contribution in [0, 0.1) is 3.57 Å². The van der Waals surface area contributed by atoms with Crippen molar-refractivity contribution >= 4 is 49.3 Å². The zero-order valence-corrected chi connectivity index (χ0v) is 11.2. The van der Waals surface area contributed by atoms with Gasteiger partial charge >= 0.3 is 0 Å². The lowest BCUT2D eigenvalue weighted by Crippen LogP contribution is -1.89. The van der Waals surface area contributed by atoms with Crippen molar-refractivity contribution in [1.82, 2.24) is 4.98 Å². The van der Waals surface area contributed by atoms with Gasteiger partial charge in [-0.1, -0.05) is 6.07 Å². The Kier molecular flexibility index (Phi) is 2.92. The first kappa shape index (κ1) is 10.2. The highest BCUT2D eigenvalue weighted by atomic mass is 127. The summed E-state index contributed by atoms with van der Waals surface area (Å²) >= 11 is 5.72. The standard InChI is InChI=1S/C10H7BrINO/c1-14-10-7-4-13-5-9(12)6(7)2-3-8(10)11/h2-5H,1H3. The average molecular weight is 364 g/mol.